The number of hydrogen-bond acceptors (Lipinski definition) is 2. The summed E-state index contributed by atoms with van der Waals surface area (Å²) >= 11 is 4.38. The molecule has 1 aliphatic carbocycles. The van der Waals surface area contributed by atoms with Gasteiger partial charge in [-0.05, 0) is 36.3 Å². The third kappa shape index (κ3) is 2.89. The molecule has 0 aromatic heterocycles. The van der Waals surface area contributed by atoms with Crippen molar-refractivity contribution < 1.29 is 4.79 Å². The molecular formula is C15H21NOS. The number of hydrogen-bond donors (Lipinski definition) is 2. The van der Waals surface area contributed by atoms with Crippen LogP contribution in [0.2, 0.25) is 0 Å². The smallest absolute Gasteiger partial charge is 0.233 e. The minimum absolute atomic E-state index is 0.0510. The van der Waals surface area contributed by atoms with Gasteiger partial charge in [-0.15, -0.1) is 0 Å². The SMILES string of the molecule is CC(C)C(S)C(=O)NC1CCCc2ccccc21. The van der Waals surface area contributed by atoms with Crippen LogP contribution in [0.25, 0.3) is 0 Å². The first-order valence-corrected chi connectivity index (χ1v) is 7.17. The van der Waals surface area contributed by atoms with E-state index in [4.69, 9.17) is 0 Å². The molecule has 0 saturated carbocycles. The number of aryl methyl sites for hydroxylation is 1. The van der Waals surface area contributed by atoms with E-state index in [1.165, 1.54) is 11.1 Å². The van der Waals surface area contributed by atoms with Crippen molar-refractivity contribution in [3.63, 3.8) is 0 Å². The first kappa shape index (κ1) is 13.5. The highest BCUT2D eigenvalue weighted by atomic mass is 32.1. The lowest BCUT2D eigenvalue weighted by Gasteiger charge is -2.28. The maximum atomic E-state index is 12.1. The molecule has 2 nitrogen and oxygen atoms in total. The summed E-state index contributed by atoms with van der Waals surface area (Å²) in [5, 5.41) is 2.92. The zero-order valence-electron chi connectivity index (χ0n) is 11.0. The van der Waals surface area contributed by atoms with Crippen molar-refractivity contribution in [2.45, 2.75) is 44.4 Å². The van der Waals surface area contributed by atoms with Gasteiger partial charge in [-0.25, -0.2) is 0 Å². The molecule has 1 N–H and O–H groups in total. The van der Waals surface area contributed by atoms with Crippen LogP contribution in [0.1, 0.15) is 43.9 Å². The predicted octanol–water partition coefficient (Wildman–Crippen LogP) is 3.13. The van der Waals surface area contributed by atoms with E-state index in [9.17, 15) is 4.79 Å². The Balaban J connectivity index is 2.10. The standard InChI is InChI=1S/C15H21NOS/c1-10(2)14(18)15(17)16-13-9-5-7-11-6-3-4-8-12(11)13/h3-4,6,8,10,13-14,18H,5,7,9H2,1-2H3,(H,16,17). The quantitative estimate of drug-likeness (QED) is 0.806. The Bertz CT molecular complexity index is 430. The summed E-state index contributed by atoms with van der Waals surface area (Å²) in [7, 11) is 0. The monoisotopic (exact) mass is 263 g/mol. The number of amides is 1. The summed E-state index contributed by atoms with van der Waals surface area (Å²) in [5.74, 6) is 0.308. The zero-order chi connectivity index (χ0) is 13.1. The highest BCUT2D eigenvalue weighted by molar-refractivity contribution is 7.81. The van der Waals surface area contributed by atoms with Gasteiger partial charge in [0.15, 0.2) is 0 Å². The van der Waals surface area contributed by atoms with E-state index in [2.05, 4.69) is 36.1 Å². The van der Waals surface area contributed by atoms with Crippen LogP contribution in [0.5, 0.6) is 0 Å². The Hall–Kier alpha value is -0.960. The van der Waals surface area contributed by atoms with Crippen molar-refractivity contribution in [3.05, 3.63) is 35.4 Å². The molecule has 0 radical (unpaired) electrons. The molecule has 0 fully saturated rings. The average Bonchev–Trinajstić information content (AvgIpc) is 2.38. The van der Waals surface area contributed by atoms with Gasteiger partial charge in [0.2, 0.25) is 5.91 Å². The number of rotatable bonds is 3. The third-order valence-corrected chi connectivity index (χ3v) is 4.42. The molecule has 2 rings (SSSR count). The molecule has 0 heterocycles. The molecule has 1 aromatic carbocycles. The van der Waals surface area contributed by atoms with E-state index < -0.39 is 0 Å². The molecule has 0 saturated heterocycles. The molecule has 2 atom stereocenters. The molecule has 0 spiro atoms. The van der Waals surface area contributed by atoms with E-state index in [0.717, 1.165) is 19.3 Å². The van der Waals surface area contributed by atoms with E-state index >= 15 is 0 Å². The average molecular weight is 263 g/mol. The van der Waals surface area contributed by atoms with Crippen molar-refractivity contribution in [3.8, 4) is 0 Å². The van der Waals surface area contributed by atoms with Crippen molar-refractivity contribution in [1.82, 2.24) is 5.32 Å². The van der Waals surface area contributed by atoms with Gasteiger partial charge in [-0.2, -0.15) is 12.6 Å². The maximum Gasteiger partial charge on any atom is 0.233 e. The summed E-state index contributed by atoms with van der Waals surface area (Å²) in [5.41, 5.74) is 2.65. The van der Waals surface area contributed by atoms with Crippen LogP contribution in [0, 0.1) is 5.92 Å². The largest absolute Gasteiger partial charge is 0.348 e. The first-order valence-electron chi connectivity index (χ1n) is 6.66. The molecule has 3 heteroatoms. The molecule has 98 valence electrons. The van der Waals surface area contributed by atoms with Crippen molar-refractivity contribution in [2.75, 3.05) is 0 Å². The Morgan fingerprint density at radius 3 is 2.83 bits per heavy atom. The Labute approximate surface area is 115 Å². The van der Waals surface area contributed by atoms with Crippen LogP contribution in [-0.4, -0.2) is 11.2 Å². The van der Waals surface area contributed by atoms with E-state index in [1.54, 1.807) is 0 Å². The maximum absolute atomic E-state index is 12.1. The summed E-state index contributed by atoms with van der Waals surface area (Å²) in [6.45, 7) is 4.04. The van der Waals surface area contributed by atoms with E-state index in [0.29, 0.717) is 0 Å². The molecule has 1 aliphatic rings. The van der Waals surface area contributed by atoms with Gasteiger partial charge >= 0.3 is 0 Å². The van der Waals surface area contributed by atoms with Crippen LogP contribution < -0.4 is 5.32 Å². The van der Waals surface area contributed by atoms with Crippen LogP contribution in [0.3, 0.4) is 0 Å². The van der Waals surface area contributed by atoms with E-state index in [-0.39, 0.29) is 23.1 Å². The molecule has 0 bridgehead atoms. The highest BCUT2D eigenvalue weighted by Gasteiger charge is 2.24. The Morgan fingerprint density at radius 1 is 1.39 bits per heavy atom. The number of fused-ring (bicyclic) bond motifs is 1. The van der Waals surface area contributed by atoms with Crippen LogP contribution >= 0.6 is 12.6 Å². The fraction of sp³-hybridized carbons (Fsp3) is 0.533. The van der Waals surface area contributed by atoms with Gasteiger partial charge in [-0.3, -0.25) is 4.79 Å². The van der Waals surface area contributed by atoms with Crippen LogP contribution in [0.15, 0.2) is 24.3 Å². The fourth-order valence-electron chi connectivity index (χ4n) is 2.46. The normalized spacial score (nSPS) is 20.3. The Morgan fingerprint density at radius 2 is 2.11 bits per heavy atom. The predicted molar refractivity (Wildman–Crippen MR) is 77.9 cm³/mol. The van der Waals surface area contributed by atoms with Crippen molar-refractivity contribution in [1.29, 1.82) is 0 Å². The summed E-state index contributed by atoms with van der Waals surface area (Å²) in [6.07, 6.45) is 3.29. The van der Waals surface area contributed by atoms with Crippen LogP contribution in [-0.2, 0) is 11.2 Å². The Kier molecular flexibility index (Phi) is 4.33. The van der Waals surface area contributed by atoms with Crippen LogP contribution in [0.4, 0.5) is 0 Å². The van der Waals surface area contributed by atoms with Gasteiger partial charge in [0.1, 0.15) is 0 Å². The minimum Gasteiger partial charge on any atom is -0.348 e. The second-order valence-corrected chi connectivity index (χ2v) is 5.90. The van der Waals surface area contributed by atoms with Gasteiger partial charge in [-0.1, -0.05) is 38.1 Å². The molecule has 2 unspecified atom stereocenters. The number of carbonyl (C=O) groups excluding carboxylic acids is 1. The number of benzene rings is 1. The second kappa shape index (κ2) is 5.79. The second-order valence-electron chi connectivity index (χ2n) is 5.34. The molecule has 1 aromatic rings. The van der Waals surface area contributed by atoms with Crippen molar-refractivity contribution >= 4 is 18.5 Å². The lowest BCUT2D eigenvalue weighted by molar-refractivity contribution is -0.122. The number of carbonyl (C=O) groups is 1. The molecule has 18 heavy (non-hydrogen) atoms. The van der Waals surface area contributed by atoms with E-state index in [1.807, 2.05) is 19.9 Å². The third-order valence-electron chi connectivity index (χ3n) is 3.59. The number of nitrogens with one attached hydrogen (secondary N) is 1. The summed E-state index contributed by atoms with van der Waals surface area (Å²) < 4.78 is 0. The molecule has 1 amide bonds. The van der Waals surface area contributed by atoms with Gasteiger partial charge < -0.3 is 5.32 Å². The molecular weight excluding hydrogens is 242 g/mol. The molecule has 0 aliphatic heterocycles. The lowest BCUT2D eigenvalue weighted by Crippen LogP contribution is -2.38. The van der Waals surface area contributed by atoms with Gasteiger partial charge in [0.25, 0.3) is 0 Å². The number of thiol groups is 1. The minimum atomic E-state index is -0.223. The summed E-state index contributed by atoms with van der Waals surface area (Å²) in [4.78, 5) is 12.1. The fourth-order valence-corrected chi connectivity index (χ4v) is 2.54. The first-order chi connectivity index (χ1) is 8.59. The zero-order valence-corrected chi connectivity index (χ0v) is 11.9. The van der Waals surface area contributed by atoms with Gasteiger partial charge in [0.05, 0.1) is 11.3 Å². The van der Waals surface area contributed by atoms with Gasteiger partial charge in [0, 0.05) is 0 Å². The summed E-state index contributed by atoms with van der Waals surface area (Å²) in [6, 6.07) is 8.56. The van der Waals surface area contributed by atoms with Crippen molar-refractivity contribution in [2.24, 2.45) is 5.92 Å². The topological polar surface area (TPSA) is 29.1 Å². The lowest BCUT2D eigenvalue weighted by atomic mass is 9.87. The highest BCUT2D eigenvalue weighted by Crippen LogP contribution is 2.29.